The van der Waals surface area contributed by atoms with Gasteiger partial charge in [-0.05, 0) is 30.3 Å². The van der Waals surface area contributed by atoms with Crippen molar-refractivity contribution in [2.24, 2.45) is 0 Å². The van der Waals surface area contributed by atoms with Gasteiger partial charge in [0.1, 0.15) is 17.0 Å². The first kappa shape index (κ1) is 22.7. The standard InChI is InChI=1S/C22H15ClF2N6O3S/c1-34-22-17(8-11(23)10-28-22)35(32,33)31-12-2-5-16(24)15(9-12)13-3-4-14-19(18(13)25)29-30-20(14)21-26-6-7-27-21/h2-10,31H,1H3,(H,26,27)(H,29,30). The average Bonchev–Trinajstić information content (AvgIpc) is 3.51. The van der Waals surface area contributed by atoms with Gasteiger partial charge in [0.15, 0.2) is 16.5 Å². The highest BCUT2D eigenvalue weighted by atomic mass is 35.5. The molecule has 0 saturated heterocycles. The number of hydrogen-bond acceptors (Lipinski definition) is 6. The molecule has 3 aromatic heterocycles. The van der Waals surface area contributed by atoms with Gasteiger partial charge in [0, 0.05) is 40.8 Å². The number of pyridine rings is 1. The summed E-state index contributed by atoms with van der Waals surface area (Å²) in [7, 11) is -2.96. The molecule has 0 atom stereocenters. The number of sulfonamides is 1. The van der Waals surface area contributed by atoms with Crippen LogP contribution in [0, 0.1) is 11.6 Å². The van der Waals surface area contributed by atoms with Crippen LogP contribution in [0.25, 0.3) is 33.5 Å². The van der Waals surface area contributed by atoms with Crippen molar-refractivity contribution in [2.75, 3.05) is 11.8 Å². The van der Waals surface area contributed by atoms with Gasteiger partial charge in [0.25, 0.3) is 10.0 Å². The van der Waals surface area contributed by atoms with Crippen LogP contribution < -0.4 is 9.46 Å². The van der Waals surface area contributed by atoms with Gasteiger partial charge in [0.2, 0.25) is 5.88 Å². The maximum Gasteiger partial charge on any atom is 0.267 e. The number of aromatic amines is 2. The van der Waals surface area contributed by atoms with Crippen LogP contribution in [-0.4, -0.2) is 40.7 Å². The van der Waals surface area contributed by atoms with Gasteiger partial charge in [-0.25, -0.2) is 27.2 Å². The molecule has 35 heavy (non-hydrogen) atoms. The summed E-state index contributed by atoms with van der Waals surface area (Å²) in [5.74, 6) is -1.24. The highest BCUT2D eigenvalue weighted by Crippen LogP contribution is 2.35. The molecule has 2 aromatic carbocycles. The fourth-order valence-electron chi connectivity index (χ4n) is 3.60. The highest BCUT2D eigenvalue weighted by molar-refractivity contribution is 7.92. The van der Waals surface area contributed by atoms with Crippen LogP contribution in [0.15, 0.2) is 59.9 Å². The number of imidazole rings is 1. The maximum absolute atomic E-state index is 15.4. The lowest BCUT2D eigenvalue weighted by atomic mass is 10.0. The molecular weight excluding hydrogens is 502 g/mol. The number of anilines is 1. The second-order valence-corrected chi connectivity index (χ2v) is 9.41. The number of nitrogens with zero attached hydrogens (tertiary/aromatic N) is 3. The topological polar surface area (TPSA) is 126 Å². The van der Waals surface area contributed by atoms with E-state index < -0.39 is 21.7 Å². The second-order valence-electron chi connectivity index (χ2n) is 7.32. The summed E-state index contributed by atoms with van der Waals surface area (Å²) in [5, 5.41) is 7.24. The van der Waals surface area contributed by atoms with Crippen molar-refractivity contribution >= 4 is 38.2 Å². The molecule has 0 bridgehead atoms. The highest BCUT2D eigenvalue weighted by Gasteiger charge is 2.23. The molecule has 0 aliphatic rings. The molecule has 0 unspecified atom stereocenters. The van der Waals surface area contributed by atoms with Crippen LogP contribution in [0.4, 0.5) is 14.5 Å². The van der Waals surface area contributed by atoms with E-state index >= 15 is 4.39 Å². The largest absolute Gasteiger partial charge is 0.480 e. The second kappa shape index (κ2) is 8.64. The lowest BCUT2D eigenvalue weighted by Gasteiger charge is -2.13. The summed E-state index contributed by atoms with van der Waals surface area (Å²) in [6, 6.07) is 7.57. The van der Waals surface area contributed by atoms with Crippen molar-refractivity contribution in [1.29, 1.82) is 0 Å². The van der Waals surface area contributed by atoms with Gasteiger partial charge in [-0.3, -0.25) is 9.82 Å². The molecule has 5 rings (SSSR count). The Labute approximate surface area is 202 Å². The number of nitrogens with one attached hydrogen (secondary N) is 3. The van der Waals surface area contributed by atoms with Crippen LogP contribution in [0.3, 0.4) is 0 Å². The van der Waals surface area contributed by atoms with E-state index in [0.717, 1.165) is 6.07 Å². The first-order valence-electron chi connectivity index (χ1n) is 9.97. The molecule has 5 aromatic rings. The molecule has 13 heteroatoms. The Bertz CT molecular complexity index is 1670. The van der Waals surface area contributed by atoms with Crippen molar-refractivity contribution in [2.45, 2.75) is 4.90 Å². The van der Waals surface area contributed by atoms with E-state index in [4.69, 9.17) is 16.3 Å². The molecule has 0 aliphatic carbocycles. The molecule has 0 amide bonds. The number of rotatable bonds is 6. The molecular formula is C22H15ClF2N6O3S. The summed E-state index contributed by atoms with van der Waals surface area (Å²) in [6.45, 7) is 0. The number of H-pyrrole nitrogens is 2. The Hall–Kier alpha value is -4.03. The molecule has 0 fully saturated rings. The summed E-state index contributed by atoms with van der Waals surface area (Å²) < 4.78 is 63.4. The maximum atomic E-state index is 15.4. The predicted molar refractivity (Wildman–Crippen MR) is 126 cm³/mol. The summed E-state index contributed by atoms with van der Waals surface area (Å²) in [6.07, 6.45) is 4.39. The van der Waals surface area contributed by atoms with Gasteiger partial charge in [-0.1, -0.05) is 17.7 Å². The molecule has 0 spiro atoms. The number of fused-ring (bicyclic) bond motifs is 1. The summed E-state index contributed by atoms with van der Waals surface area (Å²) in [5.41, 5.74) is 0.196. The van der Waals surface area contributed by atoms with Crippen LogP contribution >= 0.6 is 11.6 Å². The van der Waals surface area contributed by atoms with Gasteiger partial charge in [-0.15, -0.1) is 0 Å². The normalized spacial score (nSPS) is 11.7. The minimum Gasteiger partial charge on any atom is -0.480 e. The van der Waals surface area contributed by atoms with E-state index in [2.05, 4.69) is 29.9 Å². The number of halogens is 3. The fourth-order valence-corrected chi connectivity index (χ4v) is 5.02. The number of hydrogen-bond donors (Lipinski definition) is 3. The molecule has 0 radical (unpaired) electrons. The van der Waals surface area contributed by atoms with E-state index in [-0.39, 0.29) is 38.1 Å². The van der Waals surface area contributed by atoms with Gasteiger partial charge < -0.3 is 9.72 Å². The Morgan fingerprint density at radius 2 is 1.91 bits per heavy atom. The number of ether oxygens (including phenoxy) is 1. The lowest BCUT2D eigenvalue weighted by molar-refractivity contribution is 0.385. The number of aromatic nitrogens is 5. The van der Waals surface area contributed by atoms with Crippen LogP contribution in [0.5, 0.6) is 5.88 Å². The van der Waals surface area contributed by atoms with Crippen molar-refractivity contribution in [3.8, 4) is 28.5 Å². The van der Waals surface area contributed by atoms with Crippen LogP contribution in [0.2, 0.25) is 5.02 Å². The zero-order valence-corrected chi connectivity index (χ0v) is 19.4. The van der Waals surface area contributed by atoms with E-state index in [9.17, 15) is 12.8 Å². The SMILES string of the molecule is COc1ncc(Cl)cc1S(=O)(=O)Nc1ccc(F)c(-c2ccc3c(-c4ncc[nH]4)n[nH]c3c2F)c1. The minimum absolute atomic E-state index is 0.0104. The quantitative estimate of drug-likeness (QED) is 0.299. The van der Waals surface area contributed by atoms with E-state index in [0.29, 0.717) is 16.9 Å². The molecule has 0 aliphatic heterocycles. The average molecular weight is 517 g/mol. The molecule has 3 heterocycles. The number of methoxy groups -OCH3 is 1. The predicted octanol–water partition coefficient (Wildman–Crippen LogP) is 4.76. The van der Waals surface area contributed by atoms with Crippen molar-refractivity contribution < 1.29 is 21.9 Å². The molecule has 178 valence electrons. The third-order valence-electron chi connectivity index (χ3n) is 5.18. The van der Waals surface area contributed by atoms with Crippen LogP contribution in [0.1, 0.15) is 0 Å². The molecule has 3 N–H and O–H groups in total. The number of benzene rings is 2. The minimum atomic E-state index is -4.22. The Morgan fingerprint density at radius 3 is 2.66 bits per heavy atom. The van der Waals surface area contributed by atoms with Crippen molar-refractivity contribution in [1.82, 2.24) is 25.1 Å². The first-order valence-corrected chi connectivity index (χ1v) is 11.8. The third kappa shape index (κ3) is 4.06. The molecule has 0 saturated carbocycles. The van der Waals surface area contributed by atoms with Crippen molar-refractivity contribution in [3.63, 3.8) is 0 Å². The van der Waals surface area contributed by atoms with E-state index in [1.54, 1.807) is 12.3 Å². The Kier molecular flexibility index (Phi) is 5.61. The fraction of sp³-hybridized carbons (Fsp3) is 0.0455. The van der Waals surface area contributed by atoms with Crippen molar-refractivity contribution in [3.05, 3.63) is 71.6 Å². The first-order chi connectivity index (χ1) is 16.8. The summed E-state index contributed by atoms with van der Waals surface area (Å²) in [4.78, 5) is 10.5. The van der Waals surface area contributed by atoms with Gasteiger partial charge >= 0.3 is 0 Å². The summed E-state index contributed by atoms with van der Waals surface area (Å²) >= 11 is 5.89. The smallest absolute Gasteiger partial charge is 0.267 e. The monoisotopic (exact) mass is 516 g/mol. The zero-order chi connectivity index (χ0) is 24.7. The third-order valence-corrected chi connectivity index (χ3v) is 6.76. The van der Waals surface area contributed by atoms with Gasteiger partial charge in [0.05, 0.1) is 12.1 Å². The van der Waals surface area contributed by atoms with E-state index in [1.807, 2.05) is 0 Å². The lowest BCUT2D eigenvalue weighted by Crippen LogP contribution is -2.15. The van der Waals surface area contributed by atoms with Crippen LogP contribution in [-0.2, 0) is 10.0 Å². The Morgan fingerprint density at radius 1 is 1.09 bits per heavy atom. The van der Waals surface area contributed by atoms with E-state index in [1.165, 1.54) is 43.8 Å². The Balaban J connectivity index is 1.55. The van der Waals surface area contributed by atoms with Gasteiger partial charge in [-0.2, -0.15) is 5.10 Å². The molecule has 9 nitrogen and oxygen atoms in total. The zero-order valence-electron chi connectivity index (χ0n) is 17.8.